The third-order valence-electron chi connectivity index (χ3n) is 13.3. The third kappa shape index (κ3) is 12.0. The van der Waals surface area contributed by atoms with Crippen molar-refractivity contribution in [2.45, 2.75) is 112 Å². The van der Waals surface area contributed by atoms with Crippen LogP contribution < -0.4 is 41.9 Å². The van der Waals surface area contributed by atoms with Gasteiger partial charge in [0.05, 0.1) is 69.7 Å². The van der Waals surface area contributed by atoms with Crippen LogP contribution in [0.1, 0.15) is 90.5 Å². The van der Waals surface area contributed by atoms with E-state index >= 15 is 0 Å². The highest BCUT2D eigenvalue weighted by Crippen LogP contribution is 2.43. The van der Waals surface area contributed by atoms with Gasteiger partial charge in [0.15, 0.2) is 31.3 Å². The molecule has 0 radical (unpaired) electrons. The zero-order valence-electron chi connectivity index (χ0n) is 43.7. The molecule has 19 nitrogen and oxygen atoms in total. The van der Waals surface area contributed by atoms with Gasteiger partial charge < -0.3 is 36.5 Å². The number of benzene rings is 4. The topological polar surface area (TPSA) is 271 Å². The van der Waals surface area contributed by atoms with Crippen LogP contribution in [0.5, 0.6) is 11.5 Å². The van der Waals surface area contributed by atoms with E-state index in [4.69, 9.17) is 38.4 Å². The molecule has 23 heteroatoms. The molecule has 0 unspecified atom stereocenters. The van der Waals surface area contributed by atoms with Gasteiger partial charge in [-0.1, -0.05) is 61.3 Å². The molecule has 0 saturated heterocycles. The van der Waals surface area contributed by atoms with E-state index in [1.54, 1.807) is 90.4 Å². The summed E-state index contributed by atoms with van der Waals surface area (Å²) in [6.07, 6.45) is 5.32. The van der Waals surface area contributed by atoms with Gasteiger partial charge in [-0.25, -0.2) is 37.0 Å². The number of nitrogens with zero attached hydrogens (tertiary/aromatic N) is 5. The lowest BCUT2D eigenvalue weighted by molar-refractivity contribution is -0.124. The van der Waals surface area contributed by atoms with E-state index in [0.717, 1.165) is 28.0 Å². The van der Waals surface area contributed by atoms with Crippen LogP contribution in [0.4, 0.5) is 51.1 Å². The largest absolute Gasteiger partial charge is 0.495 e. The summed E-state index contributed by atoms with van der Waals surface area (Å²) in [6.45, 7) is 14.4. The zero-order chi connectivity index (χ0) is 55.5. The van der Waals surface area contributed by atoms with Crippen molar-refractivity contribution in [3.63, 3.8) is 0 Å². The van der Waals surface area contributed by atoms with Gasteiger partial charge in [0.25, 0.3) is 0 Å². The fourth-order valence-electron chi connectivity index (χ4n) is 8.78. The Morgan fingerprint density at radius 1 is 0.632 bits per heavy atom. The van der Waals surface area contributed by atoms with E-state index in [-0.39, 0.29) is 49.2 Å². The molecule has 7 N–H and O–H groups in total. The number of anilines is 8. The van der Waals surface area contributed by atoms with Crippen LogP contribution in [0.25, 0.3) is 0 Å². The van der Waals surface area contributed by atoms with Gasteiger partial charge in [-0.2, -0.15) is 15.1 Å². The first-order valence-electron chi connectivity index (χ1n) is 24.2. The molecule has 402 valence electrons. The van der Waals surface area contributed by atoms with E-state index < -0.39 is 47.0 Å². The minimum Gasteiger partial charge on any atom is -0.495 e. The van der Waals surface area contributed by atoms with Crippen molar-refractivity contribution in [2.75, 3.05) is 35.5 Å². The number of primary amides is 1. The number of ether oxygens (including phenoxy) is 2. The second-order valence-electron chi connectivity index (χ2n) is 19.6. The predicted molar refractivity (Wildman–Crippen MR) is 299 cm³/mol. The monoisotopic (exact) mass is 1110 g/mol. The first-order chi connectivity index (χ1) is 35.8. The Bertz CT molecular complexity index is 3480. The summed E-state index contributed by atoms with van der Waals surface area (Å²) in [6, 6.07) is 20.3. The quantitative estimate of drug-likeness (QED) is 0.0522. The summed E-state index contributed by atoms with van der Waals surface area (Å²) in [5, 5.41) is 16.0. The molecule has 4 aromatic carbocycles. The Kier molecular flexibility index (Phi) is 16.9. The molecule has 0 bridgehead atoms. The normalized spacial score (nSPS) is 15.2. The van der Waals surface area contributed by atoms with Crippen LogP contribution in [0.15, 0.2) is 100 Å². The number of aryl methyl sites for hydroxylation is 2. The number of fused-ring (bicyclic) bond motifs is 2. The van der Waals surface area contributed by atoms with Gasteiger partial charge in [0.2, 0.25) is 11.9 Å². The summed E-state index contributed by atoms with van der Waals surface area (Å²) in [5.74, 6) is 2.29. The van der Waals surface area contributed by atoms with Crippen molar-refractivity contribution in [1.82, 2.24) is 25.4 Å². The number of nitrogens with two attached hydrogens (primary N) is 1. The number of hydrogen-bond donors (Lipinski definition) is 6. The molecule has 0 aliphatic heterocycles. The number of halogens is 2. The number of carbonyl (C=O) groups is 2. The molecule has 8 rings (SSSR count). The number of hydrazone groups is 1. The lowest BCUT2D eigenvalue weighted by Gasteiger charge is -2.34. The lowest BCUT2D eigenvalue weighted by atomic mass is 9.71. The number of ketones is 1. The number of rotatable bonds is 15. The first kappa shape index (κ1) is 56.7. The summed E-state index contributed by atoms with van der Waals surface area (Å²) < 4.78 is 62.7. The van der Waals surface area contributed by atoms with Crippen molar-refractivity contribution >= 4 is 107 Å². The molecule has 0 atom stereocenters. The molecule has 0 saturated carbocycles. The molecule has 2 heterocycles. The Morgan fingerprint density at radius 2 is 1.05 bits per heavy atom. The second-order valence-corrected chi connectivity index (χ2v) is 25.3. The number of para-hydroxylation sites is 2. The molecule has 76 heavy (non-hydrogen) atoms. The second kappa shape index (κ2) is 22.6. The maximum atomic E-state index is 12.9. The summed E-state index contributed by atoms with van der Waals surface area (Å²) in [4.78, 5) is 41.5. The number of nitrogens with one attached hydrogen (secondary N) is 5. The van der Waals surface area contributed by atoms with Gasteiger partial charge in [-0.05, 0) is 132 Å². The highest BCUT2D eigenvalue weighted by molar-refractivity contribution is 7.92. The van der Waals surface area contributed by atoms with Gasteiger partial charge in [-0.15, -0.1) is 0 Å². The highest BCUT2D eigenvalue weighted by Gasteiger charge is 2.37. The molecule has 6 aromatic rings. The molecule has 0 spiro atoms. The fourth-order valence-corrected chi connectivity index (χ4v) is 11.5. The van der Waals surface area contributed by atoms with Gasteiger partial charge in [0, 0.05) is 23.0 Å². The number of amides is 2. The standard InChI is InChI=1S/C27H32ClN7O4S.C26H29ClN4O4S/c1-15(2)40(37,38)22-9-7-6-8-19(22)31-24-18(28)14-30-26(33-24)32-20-12-16-10-11-23(34-35-25(29)36)27(3,4)17(16)13-21(20)39-5;1-15(2)36(33,34)22-9-7-6-8-19(22)29-24-18(27)14-28-25(31-24)30-20-12-16-10-11-23(32)26(3,4)17(16)13-21(20)35-5/h6-9,12-15H,10-11H2,1-5H3,(H3,29,35,36)(H2,30,31,32,33);6-9,12-15H,10-11H2,1-5H3,(H2,28,29,30,31)/b34-23+;. The number of hydrogen-bond acceptors (Lipinski definition) is 17. The third-order valence-corrected chi connectivity index (χ3v) is 18.3. The first-order valence-corrected chi connectivity index (χ1v) is 28.0. The minimum atomic E-state index is -3.55. The SMILES string of the molecule is COc1cc2c(cc1Nc1ncc(Cl)c(Nc3ccccc3S(=O)(=O)C(C)C)n1)CC/C(=N\NC(N)=O)C2(C)C.COc1cc2c(cc1Nc1ncc(Cl)c(Nc3ccccc3S(=O)(=O)C(C)C)n1)CCC(=O)C2(C)C. The number of urea groups is 1. The number of sulfone groups is 2. The van der Waals surface area contributed by atoms with Crippen molar-refractivity contribution in [2.24, 2.45) is 10.8 Å². The van der Waals surface area contributed by atoms with Crippen molar-refractivity contribution in [1.29, 1.82) is 0 Å². The van der Waals surface area contributed by atoms with Gasteiger partial charge >= 0.3 is 6.03 Å². The Balaban J connectivity index is 0.000000222. The maximum Gasteiger partial charge on any atom is 0.332 e. The molecule has 2 aromatic heterocycles. The minimum absolute atomic E-state index is 0.155. The number of Topliss-reactive ketones (excluding diaryl/α,β-unsaturated/α-hetero) is 1. The summed E-state index contributed by atoms with van der Waals surface area (Å²) in [7, 11) is -3.97. The molecule has 2 aliphatic rings. The lowest BCUT2D eigenvalue weighted by Crippen LogP contribution is -2.37. The molecule has 0 fully saturated rings. The van der Waals surface area contributed by atoms with Crippen molar-refractivity contribution in [3.05, 3.63) is 117 Å². The van der Waals surface area contributed by atoms with Crippen molar-refractivity contribution in [3.8, 4) is 11.5 Å². The average molecular weight is 1120 g/mol. The van der Waals surface area contributed by atoms with Crippen LogP contribution in [0.2, 0.25) is 10.0 Å². The Morgan fingerprint density at radius 3 is 1.47 bits per heavy atom. The van der Waals surface area contributed by atoms with Gasteiger partial charge in [0.1, 0.15) is 27.3 Å². The molecule has 2 amide bonds. The van der Waals surface area contributed by atoms with Gasteiger partial charge in [-0.3, -0.25) is 4.79 Å². The maximum absolute atomic E-state index is 12.9. The fraction of sp³-hybridized carbons (Fsp3) is 0.340. The van der Waals surface area contributed by atoms with Crippen LogP contribution in [0.3, 0.4) is 0 Å². The average Bonchev–Trinajstić information content (AvgIpc) is 3.39. The molecular weight excluding hydrogens is 1050 g/mol. The number of methoxy groups -OCH3 is 2. The van der Waals surface area contributed by atoms with E-state index in [9.17, 15) is 26.4 Å². The summed E-state index contributed by atoms with van der Waals surface area (Å²) in [5.41, 5.74) is 13.4. The highest BCUT2D eigenvalue weighted by atomic mass is 35.5. The van der Waals surface area contributed by atoms with Crippen molar-refractivity contribution < 1.29 is 35.9 Å². The number of carbonyl (C=O) groups excluding carboxylic acids is 2. The van der Waals surface area contributed by atoms with E-state index in [2.05, 4.69) is 51.7 Å². The molecular formula is C53H61Cl2N11O8S2. The van der Waals surface area contributed by atoms with E-state index in [1.807, 2.05) is 52.0 Å². The number of aromatic nitrogens is 4. The van der Waals surface area contributed by atoms with Crippen LogP contribution in [-0.4, -0.2) is 79.0 Å². The van der Waals surface area contributed by atoms with E-state index in [1.165, 1.54) is 12.4 Å². The van der Waals surface area contributed by atoms with Crippen LogP contribution in [0, 0.1) is 0 Å². The predicted octanol–water partition coefficient (Wildman–Crippen LogP) is 10.7. The Labute approximate surface area is 453 Å². The zero-order valence-corrected chi connectivity index (χ0v) is 46.9. The van der Waals surface area contributed by atoms with E-state index in [0.29, 0.717) is 59.9 Å². The Hall–Kier alpha value is -7.07. The van der Waals surface area contributed by atoms with Crippen LogP contribution in [-0.2, 0) is 48.1 Å². The molecule has 2 aliphatic carbocycles. The summed E-state index contributed by atoms with van der Waals surface area (Å²) >= 11 is 12.7. The van der Waals surface area contributed by atoms with Crippen LogP contribution >= 0.6 is 23.2 Å². The smallest absolute Gasteiger partial charge is 0.332 e.